The third-order valence-corrected chi connectivity index (χ3v) is 5.29. The highest BCUT2D eigenvalue weighted by atomic mass is 19.1. The molecule has 1 aliphatic rings. The van der Waals surface area contributed by atoms with Crippen LogP contribution in [0, 0.1) is 11.6 Å². The third kappa shape index (κ3) is 5.24. The summed E-state index contributed by atoms with van der Waals surface area (Å²) in [7, 11) is 0. The predicted octanol–water partition coefficient (Wildman–Crippen LogP) is 4.44. The first-order valence-electron chi connectivity index (χ1n) is 10.1. The Bertz CT molecular complexity index is 1070. The van der Waals surface area contributed by atoms with Crippen LogP contribution in [0.25, 0.3) is 11.3 Å². The van der Waals surface area contributed by atoms with Crippen molar-refractivity contribution < 1.29 is 23.4 Å². The fourth-order valence-electron chi connectivity index (χ4n) is 3.61. The number of halogens is 2. The molecule has 1 N–H and O–H groups in total. The lowest BCUT2D eigenvalue weighted by atomic mass is 10.0. The lowest BCUT2D eigenvalue weighted by Gasteiger charge is -2.28. The lowest BCUT2D eigenvalue weighted by molar-refractivity contribution is -0.137. The molecule has 0 fully saturated rings. The smallest absolute Gasteiger partial charge is 0.304 e. The first kappa shape index (κ1) is 20.9. The topological polar surface area (TPSA) is 62.7 Å². The molecule has 0 bridgehead atoms. The Morgan fingerprint density at radius 3 is 2.55 bits per heavy atom. The van der Waals surface area contributed by atoms with Crippen molar-refractivity contribution >= 4 is 5.97 Å². The third-order valence-electron chi connectivity index (χ3n) is 5.29. The van der Waals surface area contributed by atoms with E-state index < -0.39 is 11.8 Å². The maximum absolute atomic E-state index is 14.8. The Labute approximate surface area is 178 Å². The van der Waals surface area contributed by atoms with Gasteiger partial charge < -0.3 is 9.84 Å². The summed E-state index contributed by atoms with van der Waals surface area (Å²) in [4.78, 5) is 17.3. The SMILES string of the molecule is O=C(O)CCN1CCc2nc(-c3ccc(OCc4ccc(F)cc4)cc3)c(F)cc2C1. The molecule has 2 heterocycles. The average molecular weight is 424 g/mol. The molecule has 0 atom stereocenters. The number of benzene rings is 2. The second-order valence-corrected chi connectivity index (χ2v) is 7.53. The number of pyridine rings is 1. The van der Waals surface area contributed by atoms with Crippen molar-refractivity contribution in [2.45, 2.75) is 26.0 Å². The van der Waals surface area contributed by atoms with Crippen LogP contribution in [0.1, 0.15) is 23.2 Å². The lowest BCUT2D eigenvalue weighted by Crippen LogP contribution is -2.33. The van der Waals surface area contributed by atoms with Gasteiger partial charge in [-0.2, -0.15) is 0 Å². The molecule has 4 rings (SSSR count). The van der Waals surface area contributed by atoms with Crippen molar-refractivity contribution in [3.63, 3.8) is 0 Å². The molecule has 0 saturated heterocycles. The Morgan fingerprint density at radius 1 is 1.10 bits per heavy atom. The highest BCUT2D eigenvalue weighted by Crippen LogP contribution is 2.28. The minimum atomic E-state index is -0.837. The van der Waals surface area contributed by atoms with Crippen molar-refractivity contribution in [3.8, 4) is 17.0 Å². The maximum Gasteiger partial charge on any atom is 0.304 e. The van der Waals surface area contributed by atoms with E-state index in [0.717, 1.165) is 16.8 Å². The van der Waals surface area contributed by atoms with E-state index in [1.54, 1.807) is 36.4 Å². The van der Waals surface area contributed by atoms with E-state index >= 15 is 0 Å². The van der Waals surface area contributed by atoms with E-state index in [-0.39, 0.29) is 12.2 Å². The van der Waals surface area contributed by atoms with E-state index in [4.69, 9.17) is 9.84 Å². The number of ether oxygens (including phenoxy) is 1. The Hall–Kier alpha value is -3.32. The zero-order chi connectivity index (χ0) is 21.8. The van der Waals surface area contributed by atoms with Crippen LogP contribution in [0.5, 0.6) is 5.75 Å². The maximum atomic E-state index is 14.8. The van der Waals surface area contributed by atoms with Gasteiger partial charge in [-0.05, 0) is 53.6 Å². The van der Waals surface area contributed by atoms with Crippen LogP contribution in [0.3, 0.4) is 0 Å². The quantitative estimate of drug-likeness (QED) is 0.608. The molecule has 0 amide bonds. The zero-order valence-electron chi connectivity index (χ0n) is 16.9. The van der Waals surface area contributed by atoms with Gasteiger partial charge >= 0.3 is 5.97 Å². The molecule has 0 radical (unpaired) electrons. The molecule has 1 aliphatic heterocycles. The average Bonchev–Trinajstić information content (AvgIpc) is 2.77. The number of aromatic nitrogens is 1. The summed E-state index contributed by atoms with van der Waals surface area (Å²) in [6.45, 7) is 1.96. The highest BCUT2D eigenvalue weighted by Gasteiger charge is 2.21. The molecule has 2 aromatic carbocycles. The second-order valence-electron chi connectivity index (χ2n) is 7.53. The van der Waals surface area contributed by atoms with Crippen molar-refractivity contribution in [2.75, 3.05) is 13.1 Å². The van der Waals surface area contributed by atoms with E-state index in [2.05, 4.69) is 4.98 Å². The van der Waals surface area contributed by atoms with Gasteiger partial charge in [0, 0.05) is 37.3 Å². The van der Waals surface area contributed by atoms with Crippen LogP contribution >= 0.6 is 0 Å². The van der Waals surface area contributed by atoms with E-state index in [0.29, 0.717) is 49.7 Å². The van der Waals surface area contributed by atoms with E-state index in [1.165, 1.54) is 18.2 Å². The van der Waals surface area contributed by atoms with Gasteiger partial charge in [-0.1, -0.05) is 12.1 Å². The number of nitrogens with zero attached hydrogens (tertiary/aromatic N) is 2. The number of rotatable bonds is 7. The Morgan fingerprint density at radius 2 is 1.84 bits per heavy atom. The first-order chi connectivity index (χ1) is 15.0. The number of carbonyl (C=O) groups is 1. The van der Waals surface area contributed by atoms with E-state index in [1.807, 2.05) is 4.90 Å². The van der Waals surface area contributed by atoms with Crippen LogP contribution in [-0.2, 0) is 24.4 Å². The molecule has 0 aliphatic carbocycles. The normalized spacial score (nSPS) is 13.6. The molecular formula is C24H22F2N2O3. The number of aliphatic carboxylic acids is 1. The predicted molar refractivity (Wildman–Crippen MR) is 112 cm³/mol. The molecule has 0 unspecified atom stereocenters. The fourth-order valence-corrected chi connectivity index (χ4v) is 3.61. The summed E-state index contributed by atoms with van der Waals surface area (Å²) in [5.74, 6) is -0.907. The largest absolute Gasteiger partial charge is 0.489 e. The molecule has 1 aromatic heterocycles. The minimum absolute atomic E-state index is 0.0684. The number of carboxylic acids is 1. The van der Waals surface area contributed by atoms with Crippen LogP contribution in [0.2, 0.25) is 0 Å². The van der Waals surface area contributed by atoms with Crippen molar-refractivity contribution in [3.05, 3.63) is 83.1 Å². The summed E-state index contributed by atoms with van der Waals surface area (Å²) < 4.78 is 33.5. The van der Waals surface area contributed by atoms with Gasteiger partial charge in [-0.15, -0.1) is 0 Å². The van der Waals surface area contributed by atoms with Gasteiger partial charge in [0.05, 0.1) is 6.42 Å². The highest BCUT2D eigenvalue weighted by molar-refractivity contribution is 5.67. The van der Waals surface area contributed by atoms with Gasteiger partial charge in [0.1, 0.15) is 29.7 Å². The van der Waals surface area contributed by atoms with Gasteiger partial charge in [0.15, 0.2) is 0 Å². The van der Waals surface area contributed by atoms with Gasteiger partial charge in [-0.25, -0.2) is 13.8 Å². The summed E-state index contributed by atoms with van der Waals surface area (Å²) in [6.07, 6.45) is 0.722. The summed E-state index contributed by atoms with van der Waals surface area (Å²) >= 11 is 0. The summed E-state index contributed by atoms with van der Waals surface area (Å²) in [5, 5.41) is 8.85. The van der Waals surface area contributed by atoms with Crippen LogP contribution < -0.4 is 4.74 Å². The van der Waals surface area contributed by atoms with Crippen LogP contribution in [0.15, 0.2) is 54.6 Å². The summed E-state index contributed by atoms with van der Waals surface area (Å²) in [5.41, 5.74) is 3.45. The van der Waals surface area contributed by atoms with Crippen molar-refractivity contribution in [1.29, 1.82) is 0 Å². The molecule has 7 heteroatoms. The molecular weight excluding hydrogens is 402 g/mol. The van der Waals surface area contributed by atoms with Crippen LogP contribution in [0.4, 0.5) is 8.78 Å². The fraction of sp³-hybridized carbons (Fsp3) is 0.250. The molecule has 31 heavy (non-hydrogen) atoms. The molecule has 3 aromatic rings. The Balaban J connectivity index is 1.43. The van der Waals surface area contributed by atoms with Gasteiger partial charge in [0.2, 0.25) is 0 Å². The molecule has 160 valence electrons. The number of carboxylic acid groups (broad SMARTS) is 1. The number of hydrogen-bond donors (Lipinski definition) is 1. The van der Waals surface area contributed by atoms with Crippen LogP contribution in [-0.4, -0.2) is 34.0 Å². The first-order valence-corrected chi connectivity index (χ1v) is 10.1. The van der Waals surface area contributed by atoms with E-state index in [9.17, 15) is 13.6 Å². The Kier molecular flexibility index (Phi) is 6.23. The molecule has 0 saturated carbocycles. The monoisotopic (exact) mass is 424 g/mol. The minimum Gasteiger partial charge on any atom is -0.489 e. The number of hydrogen-bond acceptors (Lipinski definition) is 4. The molecule has 0 spiro atoms. The number of fused-ring (bicyclic) bond motifs is 1. The van der Waals surface area contributed by atoms with Gasteiger partial charge in [-0.3, -0.25) is 9.69 Å². The van der Waals surface area contributed by atoms with Crippen molar-refractivity contribution in [1.82, 2.24) is 9.88 Å². The summed E-state index contributed by atoms with van der Waals surface area (Å²) in [6, 6.07) is 14.6. The zero-order valence-corrected chi connectivity index (χ0v) is 16.9. The van der Waals surface area contributed by atoms with Crippen molar-refractivity contribution in [2.24, 2.45) is 0 Å². The standard InChI is InChI=1S/C24H22F2N2O3/c25-19-5-1-16(2-6-19)15-31-20-7-3-17(4-8-20)24-21(26)13-18-14-28(12-10-23(29)30)11-9-22(18)27-24/h1-8,13H,9-12,14-15H2,(H,29,30). The van der Waals surface area contributed by atoms with Gasteiger partial charge in [0.25, 0.3) is 0 Å². The second kappa shape index (κ2) is 9.22. The molecule has 5 nitrogen and oxygen atoms in total.